The molecule has 1 heterocycles. The van der Waals surface area contributed by atoms with Crippen LogP contribution >= 0.6 is 45.8 Å². The van der Waals surface area contributed by atoms with Crippen LogP contribution in [0.15, 0.2) is 6.07 Å². The summed E-state index contributed by atoms with van der Waals surface area (Å²) >= 11 is 12.4. The predicted molar refractivity (Wildman–Crippen MR) is 57.1 cm³/mol. The van der Waals surface area contributed by atoms with Gasteiger partial charge in [-0.1, -0.05) is 11.6 Å². The molecule has 0 N–H and O–H groups in total. The molecule has 0 aliphatic heterocycles. The summed E-state index contributed by atoms with van der Waals surface area (Å²) in [6.45, 7) is 0. The molecule has 0 spiro atoms. The largest absolute Gasteiger partial charge is 0.281 e. The van der Waals surface area contributed by atoms with Gasteiger partial charge < -0.3 is 0 Å². The smallest absolute Gasteiger partial charge is 0.276 e. The molecule has 0 saturated heterocycles. The summed E-state index contributed by atoms with van der Waals surface area (Å²) in [6, 6.07) is 1.09. The summed E-state index contributed by atoms with van der Waals surface area (Å²) in [7, 11) is 0. The van der Waals surface area contributed by atoms with E-state index in [2.05, 4.69) is 4.98 Å². The third kappa shape index (κ3) is 2.52. The molecule has 0 unspecified atom stereocenters. The molecular weight excluding hydrogens is 350 g/mol. The average molecular weight is 352 g/mol. The Kier molecular flexibility index (Phi) is 4.03. The zero-order valence-corrected chi connectivity index (χ0v) is 10.1. The van der Waals surface area contributed by atoms with Crippen LogP contribution in [-0.2, 0) is 0 Å². The number of aromatic nitrogens is 1. The van der Waals surface area contributed by atoms with Gasteiger partial charge in [0.15, 0.2) is 0 Å². The second-order valence-corrected chi connectivity index (χ2v) is 4.04. The minimum atomic E-state index is -2.85. The van der Waals surface area contributed by atoms with E-state index in [-0.39, 0.29) is 14.3 Å². The van der Waals surface area contributed by atoms with Crippen LogP contribution in [-0.4, -0.2) is 10.2 Å². The van der Waals surface area contributed by atoms with E-state index in [1.807, 2.05) is 0 Å². The lowest BCUT2D eigenvalue weighted by Crippen LogP contribution is -2.03. The number of rotatable bonds is 2. The highest BCUT2D eigenvalue weighted by atomic mass is 127. The van der Waals surface area contributed by atoms with E-state index in [1.54, 1.807) is 22.6 Å². The monoisotopic (exact) mass is 351 g/mol. The first-order valence-corrected chi connectivity index (χ1v) is 5.11. The van der Waals surface area contributed by atoms with E-state index in [0.717, 1.165) is 6.07 Å². The number of carbonyl (C=O) groups is 1. The Morgan fingerprint density at radius 2 is 2.14 bits per heavy atom. The maximum atomic E-state index is 12.4. The van der Waals surface area contributed by atoms with Crippen molar-refractivity contribution in [2.75, 3.05) is 0 Å². The van der Waals surface area contributed by atoms with Gasteiger partial charge in [-0.3, -0.25) is 4.79 Å². The summed E-state index contributed by atoms with van der Waals surface area (Å²) in [4.78, 5) is 14.3. The van der Waals surface area contributed by atoms with Gasteiger partial charge in [-0.25, -0.2) is 13.8 Å². The number of halogens is 5. The molecule has 76 valence electrons. The van der Waals surface area contributed by atoms with Crippen molar-refractivity contribution in [1.82, 2.24) is 4.98 Å². The SMILES string of the molecule is O=C(Cl)c1cc(Cl)c(I)nc1C(F)F. The number of carbonyl (C=O) groups excluding carboxylic acids is 1. The number of hydrogen-bond donors (Lipinski definition) is 0. The summed E-state index contributed by atoms with van der Waals surface area (Å²) < 4.78 is 25.0. The van der Waals surface area contributed by atoms with Gasteiger partial charge in [-0.2, -0.15) is 0 Å². The lowest BCUT2D eigenvalue weighted by atomic mass is 10.2. The number of nitrogens with zero attached hydrogens (tertiary/aromatic N) is 1. The molecule has 0 saturated carbocycles. The normalized spacial score (nSPS) is 10.7. The highest BCUT2D eigenvalue weighted by Crippen LogP contribution is 2.27. The van der Waals surface area contributed by atoms with Gasteiger partial charge >= 0.3 is 0 Å². The van der Waals surface area contributed by atoms with Crippen molar-refractivity contribution >= 4 is 51.0 Å². The van der Waals surface area contributed by atoms with Crippen LogP contribution in [0, 0.1) is 3.70 Å². The van der Waals surface area contributed by atoms with Crippen molar-refractivity contribution < 1.29 is 13.6 Å². The van der Waals surface area contributed by atoms with E-state index in [9.17, 15) is 13.6 Å². The minimum absolute atomic E-state index is 0.124. The lowest BCUT2D eigenvalue weighted by molar-refractivity contribution is 0.106. The third-order valence-corrected chi connectivity index (χ3v) is 3.01. The lowest BCUT2D eigenvalue weighted by Gasteiger charge is -2.05. The van der Waals surface area contributed by atoms with Gasteiger partial charge in [-0.05, 0) is 40.3 Å². The quantitative estimate of drug-likeness (QED) is 0.462. The Bertz CT molecular complexity index is 386. The topological polar surface area (TPSA) is 30.0 Å². The summed E-state index contributed by atoms with van der Waals surface area (Å²) in [5.41, 5.74) is -0.995. The van der Waals surface area contributed by atoms with E-state index < -0.39 is 17.4 Å². The highest BCUT2D eigenvalue weighted by Gasteiger charge is 2.20. The Hall–Kier alpha value is -0.0100. The second-order valence-electron chi connectivity index (χ2n) is 2.27. The Labute approximate surface area is 102 Å². The van der Waals surface area contributed by atoms with Crippen molar-refractivity contribution in [3.8, 4) is 0 Å². The zero-order chi connectivity index (χ0) is 10.9. The standard InChI is InChI=1S/C7H2Cl2F2INO/c8-3-1-2(5(9)14)4(6(10)11)13-7(3)12/h1,6H. The molecule has 0 fully saturated rings. The van der Waals surface area contributed by atoms with Crippen molar-refractivity contribution in [3.05, 3.63) is 26.0 Å². The molecule has 7 heteroatoms. The van der Waals surface area contributed by atoms with E-state index in [0.29, 0.717) is 0 Å². The second kappa shape index (κ2) is 4.67. The van der Waals surface area contributed by atoms with Crippen LogP contribution in [0.2, 0.25) is 5.02 Å². The maximum absolute atomic E-state index is 12.4. The summed E-state index contributed by atoms with van der Waals surface area (Å²) in [5, 5.41) is -0.870. The summed E-state index contributed by atoms with van der Waals surface area (Å²) in [5.74, 6) is 0. The van der Waals surface area contributed by atoms with Crippen LogP contribution in [0.5, 0.6) is 0 Å². The number of hydrogen-bond acceptors (Lipinski definition) is 2. The Morgan fingerprint density at radius 1 is 1.57 bits per heavy atom. The molecule has 0 aromatic carbocycles. The first-order valence-electron chi connectivity index (χ1n) is 3.27. The molecule has 0 aliphatic carbocycles. The van der Waals surface area contributed by atoms with Gasteiger partial charge in [0.25, 0.3) is 11.7 Å². The fourth-order valence-corrected chi connectivity index (χ4v) is 1.52. The maximum Gasteiger partial charge on any atom is 0.281 e. The van der Waals surface area contributed by atoms with Gasteiger partial charge in [-0.15, -0.1) is 0 Å². The van der Waals surface area contributed by atoms with Crippen LogP contribution in [0.3, 0.4) is 0 Å². The molecule has 0 amide bonds. The minimum Gasteiger partial charge on any atom is -0.276 e. The zero-order valence-electron chi connectivity index (χ0n) is 6.40. The Balaban J connectivity index is 3.39. The third-order valence-electron chi connectivity index (χ3n) is 1.38. The van der Waals surface area contributed by atoms with E-state index >= 15 is 0 Å². The van der Waals surface area contributed by atoms with Crippen molar-refractivity contribution in [2.24, 2.45) is 0 Å². The van der Waals surface area contributed by atoms with Crippen molar-refractivity contribution in [1.29, 1.82) is 0 Å². The van der Waals surface area contributed by atoms with Crippen molar-refractivity contribution in [3.63, 3.8) is 0 Å². The molecule has 0 bridgehead atoms. The number of alkyl halides is 2. The van der Waals surface area contributed by atoms with E-state index in [1.165, 1.54) is 0 Å². The number of pyridine rings is 1. The van der Waals surface area contributed by atoms with Gasteiger partial charge in [0.05, 0.1) is 10.6 Å². The molecule has 1 aromatic rings. The highest BCUT2D eigenvalue weighted by molar-refractivity contribution is 14.1. The molecular formula is C7H2Cl2F2INO. The molecule has 14 heavy (non-hydrogen) atoms. The predicted octanol–water partition coefficient (Wildman–Crippen LogP) is 3.66. The average Bonchev–Trinajstić information content (AvgIpc) is 2.08. The van der Waals surface area contributed by atoms with Crippen LogP contribution in [0.1, 0.15) is 22.5 Å². The van der Waals surface area contributed by atoms with Crippen molar-refractivity contribution in [2.45, 2.75) is 6.43 Å². The van der Waals surface area contributed by atoms with Gasteiger partial charge in [0.1, 0.15) is 9.39 Å². The van der Waals surface area contributed by atoms with Crippen LogP contribution < -0.4 is 0 Å². The molecule has 0 radical (unpaired) electrons. The molecule has 0 atom stereocenters. The molecule has 2 nitrogen and oxygen atoms in total. The van der Waals surface area contributed by atoms with E-state index in [4.69, 9.17) is 23.2 Å². The molecule has 0 aliphatic rings. The molecule has 1 rings (SSSR count). The van der Waals surface area contributed by atoms with Crippen LogP contribution in [0.25, 0.3) is 0 Å². The summed E-state index contributed by atoms with van der Waals surface area (Å²) in [6.07, 6.45) is -2.85. The van der Waals surface area contributed by atoms with Crippen LogP contribution in [0.4, 0.5) is 8.78 Å². The fourth-order valence-electron chi connectivity index (χ4n) is 0.803. The fraction of sp³-hybridized carbons (Fsp3) is 0.143. The molecule has 1 aromatic heterocycles. The Morgan fingerprint density at radius 3 is 2.57 bits per heavy atom. The van der Waals surface area contributed by atoms with Gasteiger partial charge in [0, 0.05) is 0 Å². The van der Waals surface area contributed by atoms with Gasteiger partial charge in [0.2, 0.25) is 0 Å². The first-order chi connectivity index (χ1) is 6.43. The first kappa shape index (κ1) is 12.1.